The van der Waals surface area contributed by atoms with E-state index in [1.165, 1.54) is 12.4 Å². The van der Waals surface area contributed by atoms with Crippen LogP contribution in [0.2, 0.25) is 5.02 Å². The monoisotopic (exact) mass is 305 g/mol. The first-order valence-electron chi connectivity index (χ1n) is 5.82. The molecule has 8 nitrogen and oxygen atoms in total. The lowest BCUT2D eigenvalue weighted by Crippen LogP contribution is -2.20. The van der Waals surface area contributed by atoms with Crippen molar-refractivity contribution >= 4 is 33.9 Å². The van der Waals surface area contributed by atoms with E-state index in [0.29, 0.717) is 5.69 Å². The average Bonchev–Trinajstić information content (AvgIpc) is 2.48. The summed E-state index contributed by atoms with van der Waals surface area (Å²) in [7, 11) is 0. The van der Waals surface area contributed by atoms with Crippen molar-refractivity contribution in [2.75, 3.05) is 5.32 Å². The highest BCUT2D eigenvalue weighted by Crippen LogP contribution is 2.23. The van der Waals surface area contributed by atoms with E-state index >= 15 is 0 Å². The van der Waals surface area contributed by atoms with Crippen LogP contribution >= 0.6 is 11.6 Å². The summed E-state index contributed by atoms with van der Waals surface area (Å²) in [5, 5.41) is 7.49. The largest absolute Gasteiger partial charge is 0.338 e. The first-order valence-corrected chi connectivity index (χ1v) is 6.19. The fourth-order valence-corrected chi connectivity index (χ4v) is 2.08. The minimum atomic E-state index is -0.513. The lowest BCUT2D eigenvalue weighted by Gasteiger charge is -2.08. The molecule has 0 spiro atoms. The zero-order valence-corrected chi connectivity index (χ0v) is 11.1. The minimum Gasteiger partial charge on any atom is -0.338 e. The standard InChI is InChI=1S/C12H8ClN5O3/c13-8-9(14-4-15-12(8)21)16-6-3-1-2-5-7(6)11(20)18-17-10(5)19/h1-4H,(H,17,19)(H,18,20)(H2,14,15,16,21). The van der Waals surface area contributed by atoms with E-state index in [1.54, 1.807) is 12.1 Å². The number of hydrogen-bond acceptors (Lipinski definition) is 5. The summed E-state index contributed by atoms with van der Waals surface area (Å²) >= 11 is 5.84. The smallest absolute Gasteiger partial charge is 0.272 e. The van der Waals surface area contributed by atoms with Gasteiger partial charge in [0.05, 0.1) is 22.8 Å². The van der Waals surface area contributed by atoms with Crippen molar-refractivity contribution in [2.45, 2.75) is 0 Å². The third-order valence-corrected chi connectivity index (χ3v) is 3.23. The summed E-state index contributed by atoms with van der Waals surface area (Å²) in [5.41, 5.74) is -1.10. The third kappa shape index (κ3) is 2.21. The molecule has 9 heteroatoms. The zero-order valence-electron chi connectivity index (χ0n) is 10.4. The number of nitrogens with zero attached hydrogens (tertiary/aromatic N) is 1. The average molecular weight is 306 g/mol. The molecule has 2 heterocycles. The summed E-state index contributed by atoms with van der Waals surface area (Å²) in [6, 6.07) is 4.69. The molecule has 0 amide bonds. The second kappa shape index (κ2) is 4.91. The van der Waals surface area contributed by atoms with Crippen molar-refractivity contribution in [3.05, 3.63) is 60.6 Å². The Balaban J connectivity index is 2.25. The molecule has 0 radical (unpaired) electrons. The van der Waals surface area contributed by atoms with Gasteiger partial charge in [0.15, 0.2) is 5.82 Å². The highest BCUT2D eigenvalue weighted by atomic mass is 35.5. The Kier molecular flexibility index (Phi) is 3.07. The molecule has 2 aromatic heterocycles. The summed E-state index contributed by atoms with van der Waals surface area (Å²) in [6.07, 6.45) is 1.18. The van der Waals surface area contributed by atoms with Crippen LogP contribution in [0.1, 0.15) is 0 Å². The van der Waals surface area contributed by atoms with Gasteiger partial charge in [0.25, 0.3) is 16.7 Å². The van der Waals surface area contributed by atoms with Gasteiger partial charge in [0, 0.05) is 0 Å². The summed E-state index contributed by atoms with van der Waals surface area (Å²) in [5.74, 6) is 0.0904. The number of benzene rings is 1. The van der Waals surface area contributed by atoms with E-state index in [0.717, 1.165) is 0 Å². The van der Waals surface area contributed by atoms with Crippen LogP contribution in [-0.4, -0.2) is 20.2 Å². The van der Waals surface area contributed by atoms with Crippen LogP contribution in [0.15, 0.2) is 38.9 Å². The van der Waals surface area contributed by atoms with E-state index in [9.17, 15) is 14.4 Å². The van der Waals surface area contributed by atoms with Gasteiger partial charge in [-0.25, -0.2) is 4.98 Å². The maximum atomic E-state index is 11.9. The molecule has 3 rings (SSSR count). The molecule has 21 heavy (non-hydrogen) atoms. The van der Waals surface area contributed by atoms with Gasteiger partial charge in [-0.3, -0.25) is 24.6 Å². The second-order valence-corrected chi connectivity index (χ2v) is 4.53. The van der Waals surface area contributed by atoms with Gasteiger partial charge in [-0.15, -0.1) is 0 Å². The number of anilines is 2. The van der Waals surface area contributed by atoms with Gasteiger partial charge in [-0.2, -0.15) is 0 Å². The molecule has 0 bridgehead atoms. The maximum Gasteiger partial charge on any atom is 0.272 e. The Morgan fingerprint density at radius 3 is 2.62 bits per heavy atom. The van der Waals surface area contributed by atoms with Gasteiger partial charge >= 0.3 is 0 Å². The summed E-state index contributed by atoms with van der Waals surface area (Å²) in [6.45, 7) is 0. The third-order valence-electron chi connectivity index (χ3n) is 2.88. The van der Waals surface area contributed by atoms with Gasteiger partial charge in [-0.05, 0) is 12.1 Å². The van der Waals surface area contributed by atoms with Crippen LogP contribution < -0.4 is 22.0 Å². The van der Waals surface area contributed by atoms with Crippen molar-refractivity contribution in [2.24, 2.45) is 0 Å². The van der Waals surface area contributed by atoms with Crippen molar-refractivity contribution in [3.8, 4) is 0 Å². The molecule has 106 valence electrons. The van der Waals surface area contributed by atoms with Crippen LogP contribution in [0, 0.1) is 0 Å². The van der Waals surface area contributed by atoms with E-state index < -0.39 is 16.7 Å². The van der Waals surface area contributed by atoms with Crippen molar-refractivity contribution in [3.63, 3.8) is 0 Å². The fraction of sp³-hybridized carbons (Fsp3) is 0. The Morgan fingerprint density at radius 1 is 1.05 bits per heavy atom. The molecule has 4 N–H and O–H groups in total. The first kappa shape index (κ1) is 13.1. The Hall–Kier alpha value is -2.87. The molecule has 0 saturated heterocycles. The Bertz CT molecular complexity index is 1000. The minimum absolute atomic E-state index is 0.0904. The number of rotatable bonds is 2. The quantitative estimate of drug-likeness (QED) is 0.555. The van der Waals surface area contributed by atoms with Gasteiger partial charge in [0.1, 0.15) is 5.02 Å². The predicted molar refractivity (Wildman–Crippen MR) is 78.3 cm³/mol. The molecular formula is C12H8ClN5O3. The van der Waals surface area contributed by atoms with Crippen LogP contribution in [0.3, 0.4) is 0 Å². The SMILES string of the molecule is O=c1[nH]cnc(Nc2cccc3c(=O)[nH][nH]c(=O)c23)c1Cl. The maximum absolute atomic E-state index is 11.9. The van der Waals surface area contributed by atoms with Crippen LogP contribution in [-0.2, 0) is 0 Å². The lowest BCUT2D eigenvalue weighted by molar-refractivity contribution is 0.976. The molecule has 0 atom stereocenters. The first-order chi connectivity index (χ1) is 10.1. The van der Waals surface area contributed by atoms with Crippen LogP contribution in [0.4, 0.5) is 11.5 Å². The van der Waals surface area contributed by atoms with E-state index in [2.05, 4.69) is 25.5 Å². The van der Waals surface area contributed by atoms with Gasteiger partial charge in [-0.1, -0.05) is 17.7 Å². The highest BCUT2D eigenvalue weighted by molar-refractivity contribution is 6.32. The predicted octanol–water partition coefficient (Wildman–Crippen LogP) is 0.697. The van der Waals surface area contributed by atoms with Crippen molar-refractivity contribution in [1.82, 2.24) is 20.2 Å². The number of fused-ring (bicyclic) bond motifs is 1. The fourth-order valence-electron chi connectivity index (χ4n) is 1.93. The van der Waals surface area contributed by atoms with Crippen molar-refractivity contribution in [1.29, 1.82) is 0 Å². The topological polar surface area (TPSA) is 123 Å². The Morgan fingerprint density at radius 2 is 1.81 bits per heavy atom. The molecule has 0 saturated carbocycles. The normalized spacial score (nSPS) is 10.7. The molecule has 0 fully saturated rings. The molecule has 0 unspecified atom stereocenters. The van der Waals surface area contributed by atoms with Gasteiger partial charge < -0.3 is 10.3 Å². The lowest BCUT2D eigenvalue weighted by atomic mass is 10.1. The zero-order chi connectivity index (χ0) is 15.0. The van der Waals surface area contributed by atoms with E-state index in [1.807, 2.05) is 0 Å². The molecule has 0 aliphatic carbocycles. The van der Waals surface area contributed by atoms with Crippen LogP contribution in [0.25, 0.3) is 10.8 Å². The number of halogens is 1. The number of H-pyrrole nitrogens is 3. The number of hydrogen-bond donors (Lipinski definition) is 4. The molecule has 0 aliphatic rings. The van der Waals surface area contributed by atoms with E-state index in [-0.39, 0.29) is 21.6 Å². The highest BCUT2D eigenvalue weighted by Gasteiger charge is 2.11. The Labute approximate surface area is 120 Å². The summed E-state index contributed by atoms with van der Waals surface area (Å²) < 4.78 is 0. The second-order valence-electron chi connectivity index (χ2n) is 4.16. The number of aromatic nitrogens is 4. The number of aromatic amines is 3. The molecular weight excluding hydrogens is 298 g/mol. The van der Waals surface area contributed by atoms with Crippen molar-refractivity contribution < 1.29 is 0 Å². The summed E-state index contributed by atoms with van der Waals surface area (Å²) in [4.78, 5) is 41.3. The van der Waals surface area contributed by atoms with Gasteiger partial charge in [0.2, 0.25) is 0 Å². The van der Waals surface area contributed by atoms with E-state index in [4.69, 9.17) is 11.6 Å². The number of nitrogens with one attached hydrogen (secondary N) is 4. The molecule has 3 aromatic rings. The molecule has 0 aliphatic heterocycles. The molecule has 1 aromatic carbocycles. The van der Waals surface area contributed by atoms with Crippen LogP contribution in [0.5, 0.6) is 0 Å².